The summed E-state index contributed by atoms with van der Waals surface area (Å²) >= 11 is 5.87. The maximum atomic E-state index is 8.41. The van der Waals surface area contributed by atoms with Crippen molar-refractivity contribution in [3.8, 4) is 11.8 Å². The molecule has 1 unspecified atom stereocenters. The van der Waals surface area contributed by atoms with Crippen molar-refractivity contribution >= 4 is 11.6 Å². The second-order valence-electron chi connectivity index (χ2n) is 3.34. The Labute approximate surface area is 94.4 Å². The van der Waals surface area contributed by atoms with Crippen molar-refractivity contribution in [2.75, 3.05) is 6.61 Å². The maximum Gasteiger partial charge on any atom is 0.119 e. The van der Waals surface area contributed by atoms with Gasteiger partial charge < -0.3 is 10.5 Å². The molecule has 0 amide bonds. The number of nitrogens with zero attached hydrogens (tertiary/aromatic N) is 1. The summed E-state index contributed by atoms with van der Waals surface area (Å²) in [6.07, 6.45) is 0.298. The average Bonchev–Trinajstić information content (AvgIpc) is 2.20. The van der Waals surface area contributed by atoms with Gasteiger partial charge in [-0.3, -0.25) is 0 Å². The maximum absolute atomic E-state index is 8.41. The minimum absolute atomic E-state index is 0.244. The second kappa shape index (κ2) is 5.59. The highest BCUT2D eigenvalue weighted by Gasteiger charge is 2.03. The van der Waals surface area contributed by atoms with Gasteiger partial charge in [0.15, 0.2) is 0 Å². The Balaban J connectivity index is 2.51. The fraction of sp³-hybridized carbons (Fsp3) is 0.364. The predicted molar refractivity (Wildman–Crippen MR) is 59.9 cm³/mol. The van der Waals surface area contributed by atoms with Crippen molar-refractivity contribution in [3.05, 3.63) is 28.8 Å². The number of hydrogen-bond donors (Lipinski definition) is 1. The Morgan fingerprint density at radius 1 is 1.60 bits per heavy atom. The number of nitrogens with two attached hydrogens (primary N) is 1. The summed E-state index contributed by atoms with van der Waals surface area (Å²) in [4.78, 5) is 0. The molecule has 80 valence electrons. The van der Waals surface area contributed by atoms with Crippen molar-refractivity contribution in [1.82, 2.24) is 0 Å². The molecular formula is C11H13ClN2O. The first-order chi connectivity index (χ1) is 7.13. The second-order valence-corrected chi connectivity index (χ2v) is 3.75. The van der Waals surface area contributed by atoms with E-state index in [1.807, 2.05) is 19.1 Å². The number of nitriles is 1. The lowest BCUT2D eigenvalue weighted by atomic mass is 10.2. The van der Waals surface area contributed by atoms with Gasteiger partial charge in [0.05, 0.1) is 18.5 Å². The van der Waals surface area contributed by atoms with Gasteiger partial charge in [0, 0.05) is 5.02 Å². The molecule has 0 bridgehead atoms. The van der Waals surface area contributed by atoms with Gasteiger partial charge in [0.1, 0.15) is 12.4 Å². The number of ether oxygens (including phenoxy) is 1. The third kappa shape index (κ3) is 3.78. The molecular weight excluding hydrogens is 212 g/mol. The summed E-state index contributed by atoms with van der Waals surface area (Å²) in [7, 11) is 0. The fourth-order valence-corrected chi connectivity index (χ4v) is 1.20. The van der Waals surface area contributed by atoms with Gasteiger partial charge in [-0.2, -0.15) is 5.26 Å². The van der Waals surface area contributed by atoms with E-state index in [1.54, 1.807) is 12.1 Å². The van der Waals surface area contributed by atoms with E-state index in [0.29, 0.717) is 18.1 Å². The number of halogens is 1. The molecule has 1 aromatic rings. The first-order valence-electron chi connectivity index (χ1n) is 4.65. The molecule has 0 saturated carbocycles. The van der Waals surface area contributed by atoms with Crippen LogP contribution in [0.25, 0.3) is 0 Å². The van der Waals surface area contributed by atoms with Crippen LogP contribution in [0, 0.1) is 18.3 Å². The molecule has 1 atom stereocenters. The predicted octanol–water partition coefficient (Wildman–Crippen LogP) is 2.27. The van der Waals surface area contributed by atoms with Crippen LogP contribution in [0.5, 0.6) is 5.75 Å². The number of rotatable bonds is 4. The smallest absolute Gasteiger partial charge is 0.119 e. The lowest BCUT2D eigenvalue weighted by Crippen LogP contribution is -2.27. The van der Waals surface area contributed by atoms with Crippen LogP contribution in [0.2, 0.25) is 5.02 Å². The van der Waals surface area contributed by atoms with Crippen LogP contribution in [0.1, 0.15) is 12.0 Å². The van der Waals surface area contributed by atoms with E-state index in [4.69, 9.17) is 27.3 Å². The van der Waals surface area contributed by atoms with E-state index in [1.165, 1.54) is 0 Å². The summed E-state index contributed by atoms with van der Waals surface area (Å²) in [5.74, 6) is 0.727. The van der Waals surface area contributed by atoms with E-state index in [0.717, 1.165) is 11.3 Å². The lowest BCUT2D eigenvalue weighted by molar-refractivity contribution is 0.289. The van der Waals surface area contributed by atoms with E-state index in [9.17, 15) is 0 Å². The summed E-state index contributed by atoms with van der Waals surface area (Å²) in [6, 6.07) is 7.17. The van der Waals surface area contributed by atoms with Crippen molar-refractivity contribution < 1.29 is 4.74 Å². The molecule has 0 aliphatic carbocycles. The Kier molecular flexibility index (Phi) is 4.41. The van der Waals surface area contributed by atoms with Crippen molar-refractivity contribution in [1.29, 1.82) is 5.26 Å². The monoisotopic (exact) mass is 224 g/mol. The molecule has 0 saturated heterocycles. The third-order valence-corrected chi connectivity index (χ3v) is 2.37. The highest BCUT2D eigenvalue weighted by Crippen LogP contribution is 2.20. The molecule has 2 N–H and O–H groups in total. The molecule has 3 nitrogen and oxygen atoms in total. The van der Waals surface area contributed by atoms with Crippen LogP contribution in [0.4, 0.5) is 0 Å². The zero-order valence-corrected chi connectivity index (χ0v) is 9.29. The first kappa shape index (κ1) is 11.8. The van der Waals surface area contributed by atoms with Crippen LogP contribution in [-0.2, 0) is 0 Å². The summed E-state index contributed by atoms with van der Waals surface area (Å²) in [5.41, 5.74) is 6.59. The number of benzene rings is 1. The van der Waals surface area contributed by atoms with E-state index < -0.39 is 0 Å². The zero-order chi connectivity index (χ0) is 11.3. The van der Waals surface area contributed by atoms with E-state index in [-0.39, 0.29) is 6.04 Å². The molecule has 0 aliphatic rings. The van der Waals surface area contributed by atoms with Crippen LogP contribution in [0.3, 0.4) is 0 Å². The van der Waals surface area contributed by atoms with Gasteiger partial charge >= 0.3 is 0 Å². The molecule has 0 aliphatic heterocycles. The number of aryl methyl sites for hydroxylation is 1. The Hall–Kier alpha value is -1.24. The topological polar surface area (TPSA) is 59.0 Å². The van der Waals surface area contributed by atoms with Gasteiger partial charge in [0.25, 0.3) is 0 Å². The molecule has 4 heteroatoms. The van der Waals surface area contributed by atoms with E-state index in [2.05, 4.69) is 0 Å². The first-order valence-corrected chi connectivity index (χ1v) is 5.02. The highest BCUT2D eigenvalue weighted by molar-refractivity contribution is 6.31. The zero-order valence-electron chi connectivity index (χ0n) is 8.53. The SMILES string of the molecule is Cc1cc(OCC(N)CC#N)ccc1Cl. The summed E-state index contributed by atoms with van der Waals surface area (Å²) in [5, 5.41) is 9.12. The van der Waals surface area contributed by atoms with E-state index >= 15 is 0 Å². The van der Waals surface area contributed by atoms with Gasteiger partial charge in [-0.15, -0.1) is 0 Å². The molecule has 0 heterocycles. The molecule has 0 spiro atoms. The molecule has 1 rings (SSSR count). The molecule has 0 fully saturated rings. The Morgan fingerprint density at radius 3 is 2.93 bits per heavy atom. The van der Waals surface area contributed by atoms with Crippen LogP contribution in [-0.4, -0.2) is 12.6 Å². The third-order valence-electron chi connectivity index (χ3n) is 1.95. The van der Waals surface area contributed by atoms with Crippen molar-refractivity contribution in [3.63, 3.8) is 0 Å². The van der Waals surface area contributed by atoms with Crippen molar-refractivity contribution in [2.45, 2.75) is 19.4 Å². The van der Waals surface area contributed by atoms with Gasteiger partial charge in [-0.25, -0.2) is 0 Å². The van der Waals surface area contributed by atoms with Crippen LogP contribution in [0.15, 0.2) is 18.2 Å². The lowest BCUT2D eigenvalue weighted by Gasteiger charge is -2.10. The average molecular weight is 225 g/mol. The van der Waals surface area contributed by atoms with Crippen LogP contribution < -0.4 is 10.5 Å². The minimum atomic E-state index is -0.244. The molecule has 0 aromatic heterocycles. The minimum Gasteiger partial charge on any atom is -0.492 e. The largest absolute Gasteiger partial charge is 0.492 e. The number of hydrogen-bond acceptors (Lipinski definition) is 3. The fourth-order valence-electron chi connectivity index (χ4n) is 1.09. The molecule has 0 radical (unpaired) electrons. The standard InChI is InChI=1S/C11H13ClN2O/c1-8-6-10(2-3-11(8)12)15-7-9(14)4-5-13/h2-3,6,9H,4,7,14H2,1H3. The molecule has 15 heavy (non-hydrogen) atoms. The Bertz CT molecular complexity index is 373. The van der Waals surface area contributed by atoms with Gasteiger partial charge in [-0.05, 0) is 30.7 Å². The van der Waals surface area contributed by atoms with Crippen LogP contribution >= 0.6 is 11.6 Å². The summed E-state index contributed by atoms with van der Waals surface area (Å²) < 4.78 is 5.42. The quantitative estimate of drug-likeness (QED) is 0.854. The highest BCUT2D eigenvalue weighted by atomic mass is 35.5. The summed E-state index contributed by atoms with van der Waals surface area (Å²) in [6.45, 7) is 2.25. The van der Waals surface area contributed by atoms with Crippen molar-refractivity contribution in [2.24, 2.45) is 5.73 Å². The normalized spacial score (nSPS) is 11.9. The van der Waals surface area contributed by atoms with Gasteiger partial charge in [-0.1, -0.05) is 11.6 Å². The Morgan fingerprint density at radius 2 is 2.33 bits per heavy atom. The molecule has 1 aromatic carbocycles. The van der Waals surface area contributed by atoms with Gasteiger partial charge in [0.2, 0.25) is 0 Å².